The van der Waals surface area contributed by atoms with Gasteiger partial charge in [0.25, 0.3) is 0 Å². The molecule has 0 unspecified atom stereocenters. The highest BCUT2D eigenvalue weighted by molar-refractivity contribution is 5.59. The molecule has 16 heteroatoms. The van der Waals surface area contributed by atoms with E-state index in [1.807, 2.05) is 94.6 Å². The van der Waals surface area contributed by atoms with Gasteiger partial charge >= 0.3 is 0 Å². The molecule has 1 aromatic heterocycles. The summed E-state index contributed by atoms with van der Waals surface area (Å²) in [4.78, 5) is 0. The summed E-state index contributed by atoms with van der Waals surface area (Å²) in [7, 11) is 15.0. The van der Waals surface area contributed by atoms with E-state index in [1.54, 1.807) is 68.7 Å². The van der Waals surface area contributed by atoms with Crippen molar-refractivity contribution < 1.29 is 52.1 Å². The highest BCUT2D eigenvalue weighted by atomic mass is 16.5. The number of benzene rings is 5. The van der Waals surface area contributed by atoms with Crippen molar-refractivity contribution in [3.63, 3.8) is 0 Å². The third-order valence-corrected chi connectivity index (χ3v) is 14.3. The Morgan fingerprint density at radius 1 is 0.446 bits per heavy atom. The minimum absolute atomic E-state index is 0.0825. The number of piperidine rings is 1. The number of hydroxylamine groups is 2. The van der Waals surface area contributed by atoms with Crippen LogP contribution in [0.5, 0.6) is 57.5 Å². The fraction of sp³-hybridized carbons (Fsp3) is 0.448. The van der Waals surface area contributed by atoms with Crippen LogP contribution in [0.3, 0.4) is 0 Å². The Kier molecular flexibility index (Phi) is 16.4. The van der Waals surface area contributed by atoms with E-state index < -0.39 is 11.1 Å². The number of hydrogen-bond acceptors (Lipinski definition) is 15. The second-order valence-corrected chi connectivity index (χ2v) is 20.1. The van der Waals surface area contributed by atoms with Crippen LogP contribution in [0, 0.1) is 5.21 Å². The molecule has 16 nitrogen and oxygen atoms in total. The number of rotatable bonds is 16. The summed E-state index contributed by atoms with van der Waals surface area (Å²) in [6, 6.07) is 20.2. The van der Waals surface area contributed by atoms with Crippen LogP contribution in [0.15, 0.2) is 66.9 Å². The monoisotopic (exact) mass is 1020 g/mol. The third-order valence-electron chi connectivity index (χ3n) is 14.3. The molecular weight excluding hydrogens is 945 g/mol. The first kappa shape index (κ1) is 53.4. The van der Waals surface area contributed by atoms with E-state index in [0.717, 1.165) is 55.6 Å². The smallest absolute Gasteiger partial charge is 0.123 e. The van der Waals surface area contributed by atoms with Crippen molar-refractivity contribution in [2.24, 2.45) is 0 Å². The number of hydrogen-bond donors (Lipinski definition) is 0. The van der Waals surface area contributed by atoms with Crippen LogP contribution in [0.25, 0.3) is 0 Å². The quantitative estimate of drug-likeness (QED) is 0.0900. The van der Waals surface area contributed by atoms with Gasteiger partial charge in [-0.2, -0.15) is 0 Å². The van der Waals surface area contributed by atoms with Gasteiger partial charge in [-0.1, -0.05) is 5.21 Å². The Morgan fingerprint density at radius 3 is 1.00 bits per heavy atom. The lowest BCUT2D eigenvalue weighted by Crippen LogP contribution is -2.59. The summed E-state index contributed by atoms with van der Waals surface area (Å²) in [5.74, 6) is 6.82. The fourth-order valence-electron chi connectivity index (χ4n) is 10.7. The molecule has 0 spiro atoms. The number of aromatic nitrogens is 3. The molecule has 1 fully saturated rings. The molecule has 10 aliphatic carbocycles. The summed E-state index contributed by atoms with van der Waals surface area (Å²) in [6.07, 6.45) is 5.30. The molecule has 2 heterocycles. The molecule has 396 valence electrons. The zero-order valence-corrected chi connectivity index (χ0v) is 45.2. The maximum absolute atomic E-state index is 12.9. The van der Waals surface area contributed by atoms with Gasteiger partial charge in [0.1, 0.15) is 69.8 Å². The fourth-order valence-corrected chi connectivity index (χ4v) is 10.7. The van der Waals surface area contributed by atoms with Gasteiger partial charge in [-0.05, 0) is 101 Å². The van der Waals surface area contributed by atoms with E-state index >= 15 is 0 Å². The highest BCUT2D eigenvalue weighted by Crippen LogP contribution is 2.43. The molecule has 0 N–H and O–H groups in total. The SMILES string of the molecule is COc1cc2c(OC)cc1Cc1cc(OC)c(cc1OC)Cc1cc(OC)c(cc1OC)Cc1cc(OC)c(cc1OCCn1cc(COC3CC(C)(C)N([O-])C(C)(C)C3)nn1)Cc1cc(OC)c(cc1OC)C2. The minimum atomic E-state index is -0.536. The second kappa shape index (κ2) is 22.7. The van der Waals surface area contributed by atoms with E-state index in [4.69, 9.17) is 52.1 Å². The minimum Gasteiger partial charge on any atom is -0.784 e. The van der Waals surface area contributed by atoms with Crippen molar-refractivity contribution in [1.29, 1.82) is 0 Å². The van der Waals surface area contributed by atoms with Gasteiger partial charge in [0, 0.05) is 98.8 Å². The molecule has 0 saturated carbocycles. The predicted octanol–water partition coefficient (Wildman–Crippen LogP) is 9.74. The molecule has 17 rings (SSSR count). The lowest BCUT2D eigenvalue weighted by atomic mass is 9.80. The van der Waals surface area contributed by atoms with Gasteiger partial charge < -0.3 is 62.4 Å². The summed E-state index contributed by atoms with van der Waals surface area (Å²) in [5, 5.41) is 23.0. The standard InChI is InChI=1S/C58H71N4O12/c1-57(2)31-46(32-58(3,4)62(57)63)74-34-45-33-61(60-59-45)14-15-73-56-30-43-19-41-27-51(68-9)39(25-52(41)69-10)17-37-23-47(64-5)35(21-48(37)65-6)16-36-22-50(67-8)38(24-49(36)66-7)18-40-26-54(71-12)42(28-53(40)70-11)20-44(56)29-55(43)72-13/h21-30,33,46H,14-20,31-32,34H2,1-13H3/q-1. The molecule has 1 aliphatic heterocycles. The molecule has 74 heavy (non-hydrogen) atoms. The van der Waals surface area contributed by atoms with Crippen molar-refractivity contribution in [3.8, 4) is 57.5 Å². The van der Waals surface area contributed by atoms with Gasteiger partial charge in [0.15, 0.2) is 0 Å². The van der Waals surface area contributed by atoms with Crippen LogP contribution in [0.4, 0.5) is 0 Å². The van der Waals surface area contributed by atoms with Gasteiger partial charge in [-0.25, -0.2) is 4.68 Å². The van der Waals surface area contributed by atoms with Gasteiger partial charge in [-0.15, -0.1) is 5.10 Å². The molecule has 0 radical (unpaired) electrons. The topological polar surface area (TPSA) is 159 Å². The Bertz CT molecular complexity index is 2930. The normalized spacial score (nSPS) is 15.4. The summed E-state index contributed by atoms with van der Waals surface area (Å²) < 4.78 is 69.6. The maximum Gasteiger partial charge on any atom is 0.123 e. The van der Waals surface area contributed by atoms with E-state index in [2.05, 4.69) is 10.3 Å². The molecule has 0 atom stereocenters. The van der Waals surface area contributed by atoms with Crippen LogP contribution in [-0.4, -0.2) is 108 Å². The summed E-state index contributed by atoms with van der Waals surface area (Å²) >= 11 is 0. The van der Waals surface area contributed by atoms with Crippen LogP contribution < -0.4 is 47.4 Å². The Balaban J connectivity index is 1.19. The van der Waals surface area contributed by atoms with Crippen molar-refractivity contribution in [1.82, 2.24) is 20.1 Å². The first-order valence-electron chi connectivity index (χ1n) is 24.8. The van der Waals surface area contributed by atoms with Gasteiger partial charge in [0.05, 0.1) is 89.4 Å². The van der Waals surface area contributed by atoms with E-state index in [1.165, 1.54) is 5.06 Å². The van der Waals surface area contributed by atoms with Gasteiger partial charge in [-0.3, -0.25) is 0 Å². The average Bonchev–Trinajstić information content (AvgIpc) is 3.85. The van der Waals surface area contributed by atoms with Crippen LogP contribution in [0.1, 0.15) is 102 Å². The highest BCUT2D eigenvalue weighted by Gasteiger charge is 2.40. The number of ether oxygens (including phenoxy) is 11. The predicted molar refractivity (Wildman–Crippen MR) is 282 cm³/mol. The lowest BCUT2D eigenvalue weighted by molar-refractivity contribution is -0.0868. The zero-order valence-electron chi connectivity index (χ0n) is 45.2. The largest absolute Gasteiger partial charge is 0.784 e. The molecule has 10 bridgehead atoms. The zero-order chi connectivity index (χ0) is 52.9. The van der Waals surface area contributed by atoms with Crippen LogP contribution in [0.2, 0.25) is 0 Å². The van der Waals surface area contributed by atoms with E-state index in [0.29, 0.717) is 115 Å². The summed E-state index contributed by atoms with van der Waals surface area (Å²) in [6.45, 7) is 8.83. The number of methoxy groups -OCH3 is 9. The second-order valence-electron chi connectivity index (χ2n) is 20.1. The molecular formula is C58H71N4O12-. The average molecular weight is 1020 g/mol. The van der Waals surface area contributed by atoms with Crippen molar-refractivity contribution >= 4 is 0 Å². The molecule has 5 aromatic carbocycles. The van der Waals surface area contributed by atoms with Crippen molar-refractivity contribution in [2.45, 2.75) is 103 Å². The molecule has 6 aromatic rings. The number of nitrogens with zero attached hydrogens (tertiary/aromatic N) is 4. The van der Waals surface area contributed by atoms with Crippen molar-refractivity contribution in [3.05, 3.63) is 133 Å². The van der Waals surface area contributed by atoms with Gasteiger partial charge in [0.2, 0.25) is 0 Å². The molecule has 11 aliphatic rings. The Morgan fingerprint density at radius 2 is 0.716 bits per heavy atom. The molecule has 1 saturated heterocycles. The lowest BCUT2D eigenvalue weighted by Gasteiger charge is -2.59. The first-order valence-corrected chi connectivity index (χ1v) is 24.8. The Labute approximate surface area is 435 Å². The van der Waals surface area contributed by atoms with E-state index in [9.17, 15) is 5.21 Å². The maximum atomic E-state index is 12.9. The molecule has 0 amide bonds. The first-order chi connectivity index (χ1) is 35.6. The van der Waals surface area contributed by atoms with E-state index in [-0.39, 0.29) is 19.3 Å². The van der Waals surface area contributed by atoms with Crippen molar-refractivity contribution in [2.75, 3.05) is 70.6 Å². The van der Waals surface area contributed by atoms with Crippen LogP contribution >= 0.6 is 0 Å². The summed E-state index contributed by atoms with van der Waals surface area (Å²) in [5.41, 5.74) is 8.55. The Hall–Kier alpha value is -6.88. The van der Waals surface area contributed by atoms with Crippen LogP contribution in [-0.2, 0) is 50.0 Å². The third kappa shape index (κ3) is 11.4.